The molecule has 0 N–H and O–H groups in total. The van der Waals surface area contributed by atoms with E-state index in [4.69, 9.17) is 9.47 Å². The lowest BCUT2D eigenvalue weighted by molar-refractivity contribution is 0.482. The first-order valence-corrected chi connectivity index (χ1v) is 39.1. The predicted molar refractivity (Wildman–Crippen MR) is 392 cm³/mol. The van der Waals surface area contributed by atoms with Crippen LogP contribution in [0.25, 0.3) is 0 Å². The fourth-order valence-electron chi connectivity index (χ4n) is 13.4. The van der Waals surface area contributed by atoms with Gasteiger partial charge >= 0.3 is 0 Å². The van der Waals surface area contributed by atoms with Crippen LogP contribution in [0, 0.1) is 27.7 Å². The number of ether oxygens (including phenoxy) is 2. The Labute approximate surface area is 544 Å². The van der Waals surface area contributed by atoms with Gasteiger partial charge in [0.2, 0.25) is 0 Å². The third-order valence-corrected chi connectivity index (χ3v) is 23.0. The number of aryl methyl sites for hydroxylation is 4. The van der Waals surface area contributed by atoms with Crippen LogP contribution >= 0.6 is 0 Å². The van der Waals surface area contributed by atoms with Crippen LogP contribution in [-0.2, 0) is 0 Å². The molecule has 0 fully saturated rings. The Balaban J connectivity index is 0.638. The van der Waals surface area contributed by atoms with Gasteiger partial charge in [0.15, 0.2) is 0 Å². The van der Waals surface area contributed by atoms with Crippen molar-refractivity contribution in [2.45, 2.75) is 67.0 Å². The second-order valence-electron chi connectivity index (χ2n) is 27.1. The van der Waals surface area contributed by atoms with Crippen LogP contribution in [0.5, 0.6) is 23.0 Å². The molecule has 4 aliphatic heterocycles. The molecule has 11 aromatic carbocycles. The molecule has 4 heterocycles. The van der Waals surface area contributed by atoms with Crippen LogP contribution < -0.4 is 59.0 Å². The van der Waals surface area contributed by atoms with E-state index in [2.05, 4.69) is 349 Å². The van der Waals surface area contributed by atoms with Crippen LogP contribution in [0.2, 0.25) is 39.3 Å². The van der Waals surface area contributed by atoms with Crippen molar-refractivity contribution >= 4 is 118 Å². The quantitative estimate of drug-likeness (QED) is 0.0984. The van der Waals surface area contributed by atoms with Crippen molar-refractivity contribution in [2.75, 3.05) is 65.9 Å². The van der Waals surface area contributed by atoms with E-state index in [0.717, 1.165) is 79.9 Å². The number of anilines is 16. The molecule has 15 rings (SSSR count). The van der Waals surface area contributed by atoms with E-state index in [1.54, 1.807) is 0 Å². The zero-order valence-corrected chi connectivity index (χ0v) is 56.3. The summed E-state index contributed by atoms with van der Waals surface area (Å²) in [5.74, 6) is 3.14. The predicted octanol–water partition coefficient (Wildman–Crippen LogP) is 20.6. The molecule has 0 bridgehead atoms. The number of nitrogens with zero attached hydrogens (tertiary/aromatic N) is 8. The van der Waals surface area contributed by atoms with E-state index in [9.17, 15) is 0 Å². The second kappa shape index (κ2) is 23.0. The summed E-state index contributed by atoms with van der Waals surface area (Å²) >= 11 is 0. The minimum Gasteiger partial charge on any atom is -0.457 e. The first-order chi connectivity index (χ1) is 44.4. The van der Waals surface area contributed by atoms with Gasteiger partial charge in [0.05, 0.1) is 61.6 Å². The average molecular weight is 1240 g/mol. The Kier molecular flexibility index (Phi) is 14.5. The molecule has 11 aromatic rings. The molecule has 0 atom stereocenters. The molecule has 458 valence electrons. The van der Waals surface area contributed by atoms with E-state index in [1.807, 2.05) is 0 Å². The molecular formula is C80H78N8O2Si2. The molecule has 0 saturated heterocycles. The standard InChI is InChI=1S/C80H78N8O2Si2/c1-55-41-77-79(43-57(55)3)87(65-25-19-31-71(49-65)91(5,6)7)53-85(77)63-23-17-29-69(47-63)89-67-27-15-21-61(45-67)83-51-81(73-33-11-13-35-75(73)83)59-37-39-60(40-38-59)82-52-84(76-36-14-12-34-74(76)82)62-22-16-28-68(46-62)90-70-30-18-24-64(48-70)86-54-88(80-44-58(4)56(2)42-78(80)86)66-26-20-32-72(50-66)92(8,9)10/h11-50H,51-54H2,1-10H3. The number of hydrogen-bond acceptors (Lipinski definition) is 10. The lowest BCUT2D eigenvalue weighted by Gasteiger charge is -2.25. The Morgan fingerprint density at radius 2 is 0.457 bits per heavy atom. The molecule has 10 nitrogen and oxygen atoms in total. The first kappa shape index (κ1) is 58.2. The fraction of sp³-hybridized carbons (Fsp3) is 0.175. The molecule has 0 saturated carbocycles. The summed E-state index contributed by atoms with van der Waals surface area (Å²) in [5.41, 5.74) is 23.6. The molecule has 0 radical (unpaired) electrons. The molecule has 12 heteroatoms. The minimum absolute atomic E-state index is 0.642. The summed E-state index contributed by atoms with van der Waals surface area (Å²) in [5, 5.41) is 2.92. The molecule has 4 aliphatic rings. The van der Waals surface area contributed by atoms with Crippen molar-refractivity contribution in [3.63, 3.8) is 0 Å². The van der Waals surface area contributed by atoms with Crippen LogP contribution in [-0.4, -0.2) is 42.8 Å². The molecule has 0 spiro atoms. The summed E-state index contributed by atoms with van der Waals surface area (Å²) < 4.78 is 13.6. The first-order valence-electron chi connectivity index (χ1n) is 32.1. The Morgan fingerprint density at radius 1 is 0.228 bits per heavy atom. The summed E-state index contributed by atoms with van der Waals surface area (Å²) in [6, 6.07) is 88.2. The second-order valence-corrected chi connectivity index (χ2v) is 37.3. The third kappa shape index (κ3) is 10.9. The highest BCUT2D eigenvalue weighted by molar-refractivity contribution is 6.89. The van der Waals surface area contributed by atoms with Gasteiger partial charge in [-0.3, -0.25) is 0 Å². The summed E-state index contributed by atoms with van der Waals surface area (Å²) in [6.07, 6.45) is 0. The monoisotopic (exact) mass is 1240 g/mol. The number of benzene rings is 11. The topological polar surface area (TPSA) is 44.4 Å². The zero-order chi connectivity index (χ0) is 63.2. The Morgan fingerprint density at radius 3 is 0.717 bits per heavy atom. The van der Waals surface area contributed by atoms with Gasteiger partial charge in [-0.2, -0.15) is 0 Å². The van der Waals surface area contributed by atoms with Gasteiger partial charge in [-0.25, -0.2) is 0 Å². The smallest absolute Gasteiger partial charge is 0.129 e. The maximum Gasteiger partial charge on any atom is 0.129 e. The van der Waals surface area contributed by atoms with Gasteiger partial charge in [-0.1, -0.05) is 122 Å². The molecular weight excluding hydrogens is 1160 g/mol. The highest BCUT2D eigenvalue weighted by Gasteiger charge is 2.34. The molecule has 0 amide bonds. The molecule has 0 aromatic heterocycles. The number of fused-ring (bicyclic) bond motifs is 4. The summed E-state index contributed by atoms with van der Waals surface area (Å²) in [4.78, 5) is 19.3. The molecule has 92 heavy (non-hydrogen) atoms. The van der Waals surface area contributed by atoms with Crippen LogP contribution in [0.4, 0.5) is 91.0 Å². The zero-order valence-electron chi connectivity index (χ0n) is 54.3. The minimum atomic E-state index is -1.52. The Bertz CT molecular complexity index is 4360. The fourth-order valence-corrected chi connectivity index (χ4v) is 15.8. The number of para-hydroxylation sites is 4. The van der Waals surface area contributed by atoms with Crippen molar-refractivity contribution in [1.29, 1.82) is 0 Å². The van der Waals surface area contributed by atoms with Crippen molar-refractivity contribution < 1.29 is 9.47 Å². The number of hydrogen-bond donors (Lipinski definition) is 0. The van der Waals surface area contributed by atoms with Gasteiger partial charge in [0.1, 0.15) is 49.7 Å². The van der Waals surface area contributed by atoms with Crippen molar-refractivity contribution in [2.24, 2.45) is 0 Å². The normalized spacial score (nSPS) is 14.3. The summed E-state index contributed by atoms with van der Waals surface area (Å²) in [7, 11) is -3.04. The summed E-state index contributed by atoms with van der Waals surface area (Å²) in [6.45, 7) is 26.0. The average Bonchev–Trinajstić information content (AvgIpc) is 1.64. The highest BCUT2D eigenvalue weighted by Crippen LogP contribution is 2.51. The van der Waals surface area contributed by atoms with E-state index in [-0.39, 0.29) is 0 Å². The van der Waals surface area contributed by atoms with E-state index >= 15 is 0 Å². The third-order valence-electron chi connectivity index (χ3n) is 18.9. The SMILES string of the molecule is Cc1cc2c(cc1C)N(c1cccc([Si](C)(C)C)c1)CN2c1cccc(Oc2cccc(N3CN(c4ccc(N5CN(c6cccc(Oc7cccc(N8CN(c9cccc([Si](C)(C)C)c9)c9cc(C)c(C)cc98)c7)c6)c6ccccc65)cc4)c4ccccc43)c2)c1. The van der Waals surface area contributed by atoms with Crippen molar-refractivity contribution in [3.8, 4) is 23.0 Å². The van der Waals surface area contributed by atoms with E-state index < -0.39 is 16.1 Å². The van der Waals surface area contributed by atoms with Gasteiger partial charge < -0.3 is 48.7 Å². The lowest BCUT2D eigenvalue weighted by atomic mass is 10.1. The maximum absolute atomic E-state index is 6.79. The van der Waals surface area contributed by atoms with Gasteiger partial charge in [0, 0.05) is 69.8 Å². The van der Waals surface area contributed by atoms with E-state index in [1.165, 1.54) is 66.8 Å². The molecule has 0 unspecified atom stereocenters. The highest BCUT2D eigenvalue weighted by atomic mass is 28.3. The van der Waals surface area contributed by atoms with Crippen LogP contribution in [0.3, 0.4) is 0 Å². The van der Waals surface area contributed by atoms with Gasteiger partial charge in [0.25, 0.3) is 0 Å². The lowest BCUT2D eigenvalue weighted by Crippen LogP contribution is -2.38. The van der Waals surface area contributed by atoms with Crippen molar-refractivity contribution in [1.82, 2.24) is 0 Å². The van der Waals surface area contributed by atoms with Crippen LogP contribution in [0.1, 0.15) is 22.3 Å². The largest absolute Gasteiger partial charge is 0.457 e. The molecule has 0 aliphatic carbocycles. The maximum atomic E-state index is 6.79. The van der Waals surface area contributed by atoms with E-state index in [0.29, 0.717) is 26.7 Å². The van der Waals surface area contributed by atoms with Crippen molar-refractivity contribution in [3.05, 3.63) is 265 Å². The van der Waals surface area contributed by atoms with Gasteiger partial charge in [-0.15, -0.1) is 0 Å². The van der Waals surface area contributed by atoms with Gasteiger partial charge in [-0.05, 0) is 196 Å². The van der Waals surface area contributed by atoms with Crippen LogP contribution in [0.15, 0.2) is 243 Å². The Hall–Kier alpha value is -10.1. The number of rotatable bonds is 14.